The van der Waals surface area contributed by atoms with Gasteiger partial charge in [0.25, 0.3) is 0 Å². The first-order valence-corrected chi connectivity index (χ1v) is 10.5. The van der Waals surface area contributed by atoms with Gasteiger partial charge in [0.1, 0.15) is 12.4 Å². The Kier molecular flexibility index (Phi) is 7.94. The van der Waals surface area contributed by atoms with Crippen molar-refractivity contribution in [2.24, 2.45) is 0 Å². The molecule has 0 saturated heterocycles. The van der Waals surface area contributed by atoms with E-state index < -0.39 is 5.82 Å². The smallest absolute Gasteiger partial charge is 0.165 e. The quantitative estimate of drug-likeness (QED) is 0.195. The lowest BCUT2D eigenvalue weighted by Crippen LogP contribution is -2.02. The van der Waals surface area contributed by atoms with Crippen LogP contribution in [0.25, 0.3) is 11.6 Å². The monoisotopic (exact) mass is 467 g/mol. The number of halogens is 3. The zero-order valence-electron chi connectivity index (χ0n) is 17.4. The van der Waals surface area contributed by atoms with Crippen LogP contribution in [0.5, 0.6) is 11.5 Å². The van der Waals surface area contributed by atoms with E-state index in [0.29, 0.717) is 33.5 Å². The molecule has 0 aliphatic rings. The molecular formula is C26H20Cl2FNO2. The van der Waals surface area contributed by atoms with Crippen molar-refractivity contribution in [3.8, 4) is 17.6 Å². The van der Waals surface area contributed by atoms with Crippen LogP contribution in [-0.4, -0.2) is 7.11 Å². The molecule has 0 aliphatic heterocycles. The lowest BCUT2D eigenvalue weighted by molar-refractivity contribution is 0.282. The Morgan fingerprint density at radius 3 is 2.56 bits per heavy atom. The highest BCUT2D eigenvalue weighted by atomic mass is 35.5. The predicted octanol–water partition coefficient (Wildman–Crippen LogP) is 7.51. The summed E-state index contributed by atoms with van der Waals surface area (Å²) in [5.41, 5.74) is 2.79. The lowest BCUT2D eigenvalue weighted by Gasteiger charge is -2.16. The average Bonchev–Trinajstić information content (AvgIpc) is 2.79. The molecule has 0 aromatic heterocycles. The summed E-state index contributed by atoms with van der Waals surface area (Å²) < 4.78 is 25.8. The van der Waals surface area contributed by atoms with Crippen LogP contribution in [0, 0.1) is 17.1 Å². The fourth-order valence-corrected chi connectivity index (χ4v) is 3.51. The summed E-state index contributed by atoms with van der Waals surface area (Å²) in [6.07, 6.45) is 3.88. The number of hydrogen-bond acceptors (Lipinski definition) is 3. The molecule has 0 amide bonds. The Bertz CT molecular complexity index is 1210. The molecule has 0 heterocycles. The lowest BCUT2D eigenvalue weighted by atomic mass is 10.0. The van der Waals surface area contributed by atoms with Crippen molar-refractivity contribution in [2.75, 3.05) is 7.11 Å². The van der Waals surface area contributed by atoms with Crippen LogP contribution in [0.2, 0.25) is 10.0 Å². The molecule has 0 fully saturated rings. The number of benzene rings is 3. The van der Waals surface area contributed by atoms with Crippen molar-refractivity contribution in [3.05, 3.63) is 105 Å². The Morgan fingerprint density at radius 1 is 1.12 bits per heavy atom. The summed E-state index contributed by atoms with van der Waals surface area (Å²) >= 11 is 12.1. The van der Waals surface area contributed by atoms with Crippen LogP contribution >= 0.6 is 23.2 Å². The molecular weight excluding hydrogens is 448 g/mol. The van der Waals surface area contributed by atoms with Crippen molar-refractivity contribution < 1.29 is 13.9 Å². The maximum Gasteiger partial charge on any atom is 0.165 e. The summed E-state index contributed by atoms with van der Waals surface area (Å²) in [7, 11) is 1.54. The molecule has 0 spiro atoms. The fraction of sp³-hybridized carbons (Fsp3) is 0.115. The van der Waals surface area contributed by atoms with E-state index >= 15 is 0 Å². The van der Waals surface area contributed by atoms with E-state index in [2.05, 4.69) is 12.6 Å². The number of ether oxygens (including phenoxy) is 2. The molecule has 0 atom stereocenters. The number of hydrogen-bond donors (Lipinski definition) is 0. The summed E-state index contributed by atoms with van der Waals surface area (Å²) in [6, 6.07) is 17.1. The van der Waals surface area contributed by atoms with Gasteiger partial charge in [-0.3, -0.25) is 0 Å². The summed E-state index contributed by atoms with van der Waals surface area (Å²) in [5, 5.41) is 10.5. The van der Waals surface area contributed by atoms with E-state index in [1.54, 1.807) is 48.6 Å². The first-order chi connectivity index (χ1) is 15.5. The van der Waals surface area contributed by atoms with Crippen molar-refractivity contribution in [2.45, 2.75) is 13.0 Å². The Balaban J connectivity index is 1.99. The largest absolute Gasteiger partial charge is 0.493 e. The van der Waals surface area contributed by atoms with Crippen LogP contribution in [0.15, 0.2) is 67.3 Å². The normalized spacial score (nSPS) is 11.0. The molecule has 32 heavy (non-hydrogen) atoms. The van der Waals surface area contributed by atoms with Crippen molar-refractivity contribution >= 4 is 34.9 Å². The minimum absolute atomic E-state index is 0.208. The van der Waals surface area contributed by atoms with Gasteiger partial charge in [-0.15, -0.1) is 6.58 Å². The average molecular weight is 468 g/mol. The van der Waals surface area contributed by atoms with Gasteiger partial charge in [0.15, 0.2) is 11.5 Å². The van der Waals surface area contributed by atoms with Gasteiger partial charge >= 0.3 is 0 Å². The topological polar surface area (TPSA) is 42.2 Å². The zero-order valence-corrected chi connectivity index (χ0v) is 18.9. The van der Waals surface area contributed by atoms with E-state index in [1.165, 1.54) is 13.2 Å². The van der Waals surface area contributed by atoms with E-state index in [4.69, 9.17) is 32.7 Å². The van der Waals surface area contributed by atoms with Crippen molar-refractivity contribution in [3.63, 3.8) is 0 Å². The second kappa shape index (κ2) is 10.9. The summed E-state index contributed by atoms with van der Waals surface area (Å²) in [5.74, 6) is 0.585. The highest BCUT2D eigenvalue weighted by Gasteiger charge is 2.14. The number of rotatable bonds is 8. The van der Waals surface area contributed by atoms with Crippen LogP contribution in [-0.2, 0) is 13.0 Å². The number of allylic oxidation sites excluding steroid dienone is 2. The molecule has 3 aromatic carbocycles. The molecule has 0 saturated carbocycles. The molecule has 3 rings (SSSR count). The molecule has 3 aromatic rings. The molecule has 3 nitrogen and oxygen atoms in total. The molecule has 0 radical (unpaired) electrons. The van der Waals surface area contributed by atoms with Gasteiger partial charge in [0.2, 0.25) is 0 Å². The molecule has 162 valence electrons. The molecule has 0 bridgehead atoms. The van der Waals surface area contributed by atoms with Gasteiger partial charge in [-0.1, -0.05) is 53.5 Å². The Morgan fingerprint density at radius 2 is 1.91 bits per heavy atom. The van der Waals surface area contributed by atoms with Crippen LogP contribution in [0.3, 0.4) is 0 Å². The van der Waals surface area contributed by atoms with E-state index in [0.717, 1.165) is 11.1 Å². The van der Waals surface area contributed by atoms with Crippen molar-refractivity contribution in [1.29, 1.82) is 5.26 Å². The Labute approximate surface area is 196 Å². The minimum Gasteiger partial charge on any atom is -0.493 e. The maximum absolute atomic E-state index is 14.2. The van der Waals surface area contributed by atoms with E-state index in [9.17, 15) is 9.65 Å². The van der Waals surface area contributed by atoms with Crippen LogP contribution < -0.4 is 9.47 Å². The molecule has 0 aliphatic carbocycles. The fourth-order valence-electron chi connectivity index (χ4n) is 3.19. The maximum atomic E-state index is 14.2. The SMILES string of the molecule is C=CCc1cc(C=C(C#N)c2ccccc2F)cc(OC)c1OCc1ccc(Cl)c(Cl)c1. The first kappa shape index (κ1) is 23.4. The Hall–Kier alpha value is -3.26. The third-order valence-electron chi connectivity index (χ3n) is 4.70. The second-order valence-electron chi connectivity index (χ2n) is 6.89. The summed E-state index contributed by atoms with van der Waals surface area (Å²) in [6.45, 7) is 4.07. The van der Waals surface area contributed by atoms with Gasteiger partial charge < -0.3 is 9.47 Å². The second-order valence-corrected chi connectivity index (χ2v) is 7.71. The van der Waals surface area contributed by atoms with Gasteiger partial charge in [0.05, 0.1) is 28.8 Å². The van der Waals surface area contributed by atoms with Gasteiger partial charge in [-0.25, -0.2) is 4.39 Å². The summed E-state index contributed by atoms with van der Waals surface area (Å²) in [4.78, 5) is 0. The zero-order chi connectivity index (χ0) is 23.1. The van der Waals surface area contributed by atoms with Crippen LogP contribution in [0.4, 0.5) is 4.39 Å². The van der Waals surface area contributed by atoms with E-state index in [1.807, 2.05) is 12.1 Å². The number of nitriles is 1. The van der Waals surface area contributed by atoms with Crippen LogP contribution in [0.1, 0.15) is 22.3 Å². The van der Waals surface area contributed by atoms with Gasteiger partial charge in [-0.05, 0) is 54.0 Å². The van der Waals surface area contributed by atoms with Crippen molar-refractivity contribution in [1.82, 2.24) is 0 Å². The minimum atomic E-state index is -0.458. The van der Waals surface area contributed by atoms with Gasteiger partial charge in [-0.2, -0.15) is 5.26 Å². The van der Waals surface area contributed by atoms with E-state index in [-0.39, 0.29) is 17.7 Å². The standard InChI is InChI=1S/C26H20Cl2FNO2/c1-3-6-19-11-18(12-20(15-30)21-7-4-5-8-24(21)29)14-25(31-2)26(19)32-16-17-9-10-22(27)23(28)13-17/h3-5,7-14H,1,6,16H2,2H3. The highest BCUT2D eigenvalue weighted by molar-refractivity contribution is 6.42. The predicted molar refractivity (Wildman–Crippen MR) is 128 cm³/mol. The first-order valence-electron chi connectivity index (χ1n) is 9.72. The third-order valence-corrected chi connectivity index (χ3v) is 5.44. The molecule has 6 heteroatoms. The number of nitrogens with zero attached hydrogens (tertiary/aromatic N) is 1. The third kappa shape index (κ3) is 5.50. The molecule has 0 unspecified atom stereocenters. The highest BCUT2D eigenvalue weighted by Crippen LogP contribution is 2.36. The number of methoxy groups -OCH3 is 1. The molecule has 0 N–H and O–H groups in total. The van der Waals surface area contributed by atoms with Gasteiger partial charge in [0, 0.05) is 11.1 Å².